The Hall–Kier alpha value is -1.56. The SMILES string of the molecule is O=C(CC1CCCN1)NCc1ccc(C(F)(F)F)cc1. The molecule has 0 aliphatic carbocycles. The summed E-state index contributed by atoms with van der Waals surface area (Å²) >= 11 is 0. The van der Waals surface area contributed by atoms with E-state index >= 15 is 0 Å². The Morgan fingerprint density at radius 2 is 2.00 bits per heavy atom. The lowest BCUT2D eigenvalue weighted by Crippen LogP contribution is -2.31. The molecule has 1 atom stereocenters. The molecule has 1 unspecified atom stereocenters. The van der Waals surface area contributed by atoms with Gasteiger partial charge in [-0.2, -0.15) is 13.2 Å². The van der Waals surface area contributed by atoms with E-state index in [0.29, 0.717) is 12.0 Å². The molecule has 0 bridgehead atoms. The van der Waals surface area contributed by atoms with E-state index in [1.165, 1.54) is 12.1 Å². The predicted molar refractivity (Wildman–Crippen MR) is 68.9 cm³/mol. The van der Waals surface area contributed by atoms with Gasteiger partial charge in [0, 0.05) is 19.0 Å². The van der Waals surface area contributed by atoms with Crippen LogP contribution in [-0.4, -0.2) is 18.5 Å². The Morgan fingerprint density at radius 3 is 2.55 bits per heavy atom. The molecule has 3 nitrogen and oxygen atoms in total. The Labute approximate surface area is 115 Å². The predicted octanol–water partition coefficient (Wildman–Crippen LogP) is 2.46. The van der Waals surface area contributed by atoms with Gasteiger partial charge < -0.3 is 10.6 Å². The molecule has 0 saturated carbocycles. The molecule has 1 amide bonds. The largest absolute Gasteiger partial charge is 0.416 e. The molecular formula is C14H17F3N2O. The van der Waals surface area contributed by atoms with Crippen LogP contribution in [0.4, 0.5) is 13.2 Å². The van der Waals surface area contributed by atoms with Crippen LogP contribution in [0.1, 0.15) is 30.4 Å². The zero-order valence-corrected chi connectivity index (χ0v) is 11.0. The van der Waals surface area contributed by atoms with Gasteiger partial charge >= 0.3 is 6.18 Å². The summed E-state index contributed by atoms with van der Waals surface area (Å²) in [7, 11) is 0. The second-order valence-electron chi connectivity index (χ2n) is 4.97. The van der Waals surface area contributed by atoms with E-state index in [4.69, 9.17) is 0 Å². The number of hydrogen-bond donors (Lipinski definition) is 2. The number of alkyl halides is 3. The number of carbonyl (C=O) groups is 1. The molecule has 0 aromatic heterocycles. The summed E-state index contributed by atoms with van der Waals surface area (Å²) in [6, 6.07) is 5.05. The Morgan fingerprint density at radius 1 is 1.30 bits per heavy atom. The Bertz CT molecular complexity index is 450. The van der Waals surface area contributed by atoms with Crippen LogP contribution in [0, 0.1) is 0 Å². The van der Waals surface area contributed by atoms with Gasteiger partial charge in [0.25, 0.3) is 0 Å². The number of amides is 1. The van der Waals surface area contributed by atoms with Gasteiger partial charge in [0.15, 0.2) is 0 Å². The first-order valence-corrected chi connectivity index (χ1v) is 6.61. The van der Waals surface area contributed by atoms with Gasteiger partial charge in [-0.05, 0) is 37.1 Å². The molecule has 6 heteroatoms. The number of carbonyl (C=O) groups excluding carboxylic acids is 1. The van der Waals surface area contributed by atoms with Crippen LogP contribution < -0.4 is 10.6 Å². The minimum absolute atomic E-state index is 0.0794. The molecule has 1 aliphatic heterocycles. The average Bonchev–Trinajstić information content (AvgIpc) is 2.88. The lowest BCUT2D eigenvalue weighted by Gasteiger charge is -2.11. The molecule has 1 saturated heterocycles. The third kappa shape index (κ3) is 4.23. The van der Waals surface area contributed by atoms with E-state index in [1.54, 1.807) is 0 Å². The van der Waals surface area contributed by atoms with Crippen molar-refractivity contribution in [3.05, 3.63) is 35.4 Å². The third-order valence-electron chi connectivity index (χ3n) is 3.37. The molecule has 2 rings (SSSR count). The van der Waals surface area contributed by atoms with Gasteiger partial charge in [-0.25, -0.2) is 0 Å². The quantitative estimate of drug-likeness (QED) is 0.892. The van der Waals surface area contributed by atoms with Gasteiger partial charge in [0.05, 0.1) is 5.56 Å². The minimum Gasteiger partial charge on any atom is -0.352 e. The molecule has 0 radical (unpaired) electrons. The highest BCUT2D eigenvalue weighted by molar-refractivity contribution is 5.76. The first-order chi connectivity index (χ1) is 9.45. The first-order valence-electron chi connectivity index (χ1n) is 6.61. The van der Waals surface area contributed by atoms with Gasteiger partial charge in [-0.3, -0.25) is 4.79 Å². The van der Waals surface area contributed by atoms with Crippen LogP contribution in [0.25, 0.3) is 0 Å². The molecule has 1 fully saturated rings. The van der Waals surface area contributed by atoms with Crippen molar-refractivity contribution in [2.45, 2.75) is 38.0 Å². The average molecular weight is 286 g/mol. The van der Waals surface area contributed by atoms with E-state index in [0.717, 1.165) is 31.5 Å². The number of nitrogens with one attached hydrogen (secondary N) is 2. The molecule has 1 heterocycles. The normalized spacial score (nSPS) is 19.1. The fourth-order valence-electron chi connectivity index (χ4n) is 2.24. The van der Waals surface area contributed by atoms with E-state index in [1.807, 2.05) is 0 Å². The summed E-state index contributed by atoms with van der Waals surface area (Å²) in [5.74, 6) is -0.0794. The molecule has 1 aliphatic rings. The third-order valence-corrected chi connectivity index (χ3v) is 3.37. The Kier molecular flexibility index (Phi) is 4.65. The highest BCUT2D eigenvalue weighted by atomic mass is 19.4. The molecule has 2 N–H and O–H groups in total. The smallest absolute Gasteiger partial charge is 0.352 e. The summed E-state index contributed by atoms with van der Waals surface area (Å²) in [6.45, 7) is 1.19. The highest BCUT2D eigenvalue weighted by Gasteiger charge is 2.29. The maximum Gasteiger partial charge on any atom is 0.416 e. The summed E-state index contributed by atoms with van der Waals surface area (Å²) in [5.41, 5.74) is -0.0199. The molecule has 110 valence electrons. The van der Waals surface area contributed by atoms with Gasteiger partial charge in [-0.1, -0.05) is 12.1 Å². The highest BCUT2D eigenvalue weighted by Crippen LogP contribution is 2.29. The summed E-state index contributed by atoms with van der Waals surface area (Å²) in [4.78, 5) is 11.7. The monoisotopic (exact) mass is 286 g/mol. The molecule has 20 heavy (non-hydrogen) atoms. The van der Waals surface area contributed by atoms with Crippen molar-refractivity contribution in [3.8, 4) is 0 Å². The van der Waals surface area contributed by atoms with Crippen molar-refractivity contribution in [1.82, 2.24) is 10.6 Å². The maximum atomic E-state index is 12.4. The molecule has 1 aromatic carbocycles. The van der Waals surface area contributed by atoms with Crippen molar-refractivity contribution in [2.75, 3.05) is 6.54 Å². The van der Waals surface area contributed by atoms with Crippen LogP contribution >= 0.6 is 0 Å². The van der Waals surface area contributed by atoms with E-state index in [-0.39, 0.29) is 18.5 Å². The summed E-state index contributed by atoms with van der Waals surface area (Å²) < 4.78 is 37.2. The topological polar surface area (TPSA) is 41.1 Å². The lowest BCUT2D eigenvalue weighted by molar-refractivity contribution is -0.137. The standard InChI is InChI=1S/C14H17F3N2O/c15-14(16,17)11-5-3-10(4-6-11)9-19-13(20)8-12-2-1-7-18-12/h3-6,12,18H,1-2,7-9H2,(H,19,20). The van der Waals surface area contributed by atoms with E-state index in [2.05, 4.69) is 10.6 Å². The van der Waals surface area contributed by atoms with Crippen LogP contribution in [-0.2, 0) is 17.5 Å². The van der Waals surface area contributed by atoms with Crippen molar-refractivity contribution in [2.24, 2.45) is 0 Å². The van der Waals surface area contributed by atoms with Crippen LogP contribution in [0.3, 0.4) is 0 Å². The van der Waals surface area contributed by atoms with Gasteiger partial charge in [-0.15, -0.1) is 0 Å². The van der Waals surface area contributed by atoms with Crippen LogP contribution in [0.15, 0.2) is 24.3 Å². The van der Waals surface area contributed by atoms with E-state index < -0.39 is 11.7 Å². The number of rotatable bonds is 4. The summed E-state index contributed by atoms with van der Waals surface area (Å²) in [6.07, 6.45) is -1.83. The maximum absolute atomic E-state index is 12.4. The second-order valence-corrected chi connectivity index (χ2v) is 4.97. The van der Waals surface area contributed by atoms with Crippen LogP contribution in [0.5, 0.6) is 0 Å². The molecular weight excluding hydrogens is 269 g/mol. The van der Waals surface area contributed by atoms with Gasteiger partial charge in [0.1, 0.15) is 0 Å². The fourth-order valence-corrected chi connectivity index (χ4v) is 2.24. The van der Waals surface area contributed by atoms with Gasteiger partial charge in [0.2, 0.25) is 5.91 Å². The van der Waals surface area contributed by atoms with Crippen molar-refractivity contribution in [1.29, 1.82) is 0 Å². The van der Waals surface area contributed by atoms with E-state index in [9.17, 15) is 18.0 Å². The number of halogens is 3. The number of benzene rings is 1. The zero-order chi connectivity index (χ0) is 14.6. The number of hydrogen-bond acceptors (Lipinski definition) is 2. The first kappa shape index (κ1) is 14.8. The second kappa shape index (κ2) is 6.26. The van der Waals surface area contributed by atoms with Crippen molar-refractivity contribution >= 4 is 5.91 Å². The fraction of sp³-hybridized carbons (Fsp3) is 0.500. The Balaban J connectivity index is 1.80. The minimum atomic E-state index is -4.32. The van der Waals surface area contributed by atoms with Crippen molar-refractivity contribution < 1.29 is 18.0 Å². The van der Waals surface area contributed by atoms with Crippen molar-refractivity contribution in [3.63, 3.8) is 0 Å². The molecule has 1 aromatic rings. The zero-order valence-electron chi connectivity index (χ0n) is 11.0. The lowest BCUT2D eigenvalue weighted by atomic mass is 10.1. The molecule has 0 spiro atoms. The summed E-state index contributed by atoms with van der Waals surface area (Å²) in [5, 5.41) is 5.95. The van der Waals surface area contributed by atoms with Crippen LogP contribution in [0.2, 0.25) is 0 Å².